The van der Waals surface area contributed by atoms with Gasteiger partial charge in [0.2, 0.25) is 0 Å². The Morgan fingerprint density at radius 1 is 1.33 bits per heavy atom. The monoisotopic (exact) mass is 292 g/mol. The zero-order valence-electron chi connectivity index (χ0n) is 13.2. The molecule has 0 spiro atoms. The lowest BCUT2D eigenvalue weighted by atomic mass is 9.91. The number of benzene rings is 1. The normalized spacial score (nSPS) is 22.2. The number of nitrogens with one attached hydrogen (secondary N) is 1. The molecule has 0 aromatic heterocycles. The largest absolute Gasteiger partial charge is 0.382 e. The summed E-state index contributed by atoms with van der Waals surface area (Å²) in [5.74, 6) is 0.579. The second-order valence-electron chi connectivity index (χ2n) is 6.25. The molecule has 0 saturated carbocycles. The van der Waals surface area contributed by atoms with Gasteiger partial charge in [0, 0.05) is 19.6 Å². The van der Waals surface area contributed by atoms with Crippen molar-refractivity contribution in [2.75, 3.05) is 25.0 Å². The maximum Gasteiger partial charge on any atom is 0.256 e. The molecule has 0 aliphatic carbocycles. The molecule has 1 aliphatic heterocycles. The molecule has 1 saturated heterocycles. The summed E-state index contributed by atoms with van der Waals surface area (Å²) in [6.45, 7) is 8.52. The number of anilines is 1. The van der Waals surface area contributed by atoms with Crippen LogP contribution < -0.4 is 5.32 Å². The van der Waals surface area contributed by atoms with E-state index in [-0.39, 0.29) is 11.7 Å². The standard InChI is InChI=1S/C17H25FN2O/c1-4-8-19-16-14(6-5-7-15(16)18)17(21)20-10-12(2)9-13(3)11-20/h5-7,12-13,19H,4,8-11H2,1-3H3. The zero-order chi connectivity index (χ0) is 15.4. The molecule has 2 atom stereocenters. The van der Waals surface area contributed by atoms with E-state index >= 15 is 0 Å². The van der Waals surface area contributed by atoms with E-state index in [1.165, 1.54) is 6.07 Å². The van der Waals surface area contributed by atoms with E-state index < -0.39 is 0 Å². The third-order valence-corrected chi connectivity index (χ3v) is 3.95. The van der Waals surface area contributed by atoms with Crippen LogP contribution in [0.5, 0.6) is 0 Å². The van der Waals surface area contributed by atoms with Crippen LogP contribution in [0.4, 0.5) is 10.1 Å². The van der Waals surface area contributed by atoms with Crippen molar-refractivity contribution in [2.45, 2.75) is 33.6 Å². The summed E-state index contributed by atoms with van der Waals surface area (Å²) in [4.78, 5) is 14.6. The third-order valence-electron chi connectivity index (χ3n) is 3.95. The molecule has 3 nitrogen and oxygen atoms in total. The Labute approximate surface area is 126 Å². The Hall–Kier alpha value is -1.58. The molecule has 4 heteroatoms. The van der Waals surface area contributed by atoms with Crippen molar-refractivity contribution >= 4 is 11.6 Å². The molecule has 1 fully saturated rings. The summed E-state index contributed by atoms with van der Waals surface area (Å²) in [6.07, 6.45) is 2.04. The highest BCUT2D eigenvalue weighted by Gasteiger charge is 2.27. The van der Waals surface area contributed by atoms with Crippen LogP contribution in [0.3, 0.4) is 0 Å². The van der Waals surface area contributed by atoms with Gasteiger partial charge in [-0.1, -0.05) is 26.8 Å². The van der Waals surface area contributed by atoms with E-state index in [0.29, 0.717) is 29.6 Å². The van der Waals surface area contributed by atoms with Crippen molar-refractivity contribution in [1.29, 1.82) is 0 Å². The van der Waals surface area contributed by atoms with Crippen molar-refractivity contribution in [3.63, 3.8) is 0 Å². The van der Waals surface area contributed by atoms with Gasteiger partial charge in [-0.3, -0.25) is 4.79 Å². The Morgan fingerprint density at radius 3 is 2.62 bits per heavy atom. The highest BCUT2D eigenvalue weighted by molar-refractivity contribution is 5.99. The molecule has 2 unspecified atom stereocenters. The lowest BCUT2D eigenvalue weighted by Crippen LogP contribution is -2.42. The van der Waals surface area contributed by atoms with E-state index in [4.69, 9.17) is 0 Å². The molecule has 1 aromatic carbocycles. The van der Waals surface area contributed by atoms with Gasteiger partial charge in [-0.25, -0.2) is 4.39 Å². The van der Waals surface area contributed by atoms with Crippen LogP contribution in [0, 0.1) is 17.7 Å². The van der Waals surface area contributed by atoms with Crippen molar-refractivity contribution < 1.29 is 9.18 Å². The van der Waals surface area contributed by atoms with Crippen LogP contribution >= 0.6 is 0 Å². The average molecular weight is 292 g/mol. The van der Waals surface area contributed by atoms with E-state index in [1.807, 2.05) is 11.8 Å². The first-order valence-electron chi connectivity index (χ1n) is 7.84. The number of amides is 1. The van der Waals surface area contributed by atoms with E-state index in [1.54, 1.807) is 12.1 Å². The van der Waals surface area contributed by atoms with Crippen LogP contribution in [0.2, 0.25) is 0 Å². The molecule has 21 heavy (non-hydrogen) atoms. The van der Waals surface area contributed by atoms with Gasteiger partial charge < -0.3 is 10.2 Å². The zero-order valence-corrected chi connectivity index (χ0v) is 13.2. The summed E-state index contributed by atoms with van der Waals surface area (Å²) in [6, 6.07) is 4.72. The molecule has 1 heterocycles. The first kappa shape index (κ1) is 15.8. The Morgan fingerprint density at radius 2 is 2.00 bits per heavy atom. The fourth-order valence-corrected chi connectivity index (χ4v) is 3.13. The maximum absolute atomic E-state index is 14.0. The number of hydrogen-bond donors (Lipinski definition) is 1. The van der Waals surface area contributed by atoms with Crippen LogP contribution in [-0.2, 0) is 0 Å². The Balaban J connectivity index is 2.24. The first-order chi connectivity index (χ1) is 10.0. The second kappa shape index (κ2) is 6.92. The smallest absolute Gasteiger partial charge is 0.256 e. The minimum Gasteiger partial charge on any atom is -0.382 e. The van der Waals surface area contributed by atoms with Gasteiger partial charge in [0.15, 0.2) is 0 Å². The number of piperidine rings is 1. The maximum atomic E-state index is 14.0. The molecule has 0 radical (unpaired) electrons. The number of para-hydroxylation sites is 1. The molecule has 1 amide bonds. The third kappa shape index (κ3) is 3.74. The lowest BCUT2D eigenvalue weighted by molar-refractivity contribution is 0.0623. The summed E-state index contributed by atoms with van der Waals surface area (Å²) in [7, 11) is 0. The van der Waals surface area contributed by atoms with Crippen LogP contribution in [-0.4, -0.2) is 30.4 Å². The second-order valence-corrected chi connectivity index (χ2v) is 6.25. The molecule has 0 bridgehead atoms. The first-order valence-corrected chi connectivity index (χ1v) is 7.84. The SMILES string of the molecule is CCCNc1c(F)cccc1C(=O)N1CC(C)CC(C)C1. The summed E-state index contributed by atoms with van der Waals surface area (Å²) in [5.41, 5.74) is 0.792. The van der Waals surface area contributed by atoms with Crippen LogP contribution in [0.25, 0.3) is 0 Å². The van der Waals surface area contributed by atoms with Crippen LogP contribution in [0.15, 0.2) is 18.2 Å². The number of hydrogen-bond acceptors (Lipinski definition) is 2. The minimum atomic E-state index is -0.354. The number of carbonyl (C=O) groups is 1. The predicted octanol–water partition coefficient (Wildman–Crippen LogP) is 3.77. The molecule has 1 N–H and O–H groups in total. The topological polar surface area (TPSA) is 32.3 Å². The van der Waals surface area contributed by atoms with Gasteiger partial charge in [-0.2, -0.15) is 0 Å². The summed E-state index contributed by atoms with van der Waals surface area (Å²) < 4.78 is 14.0. The van der Waals surface area contributed by atoms with Gasteiger partial charge in [0.25, 0.3) is 5.91 Å². The van der Waals surface area contributed by atoms with Gasteiger partial charge in [-0.15, -0.1) is 0 Å². The van der Waals surface area contributed by atoms with Gasteiger partial charge in [0.05, 0.1) is 11.3 Å². The molecule has 1 aliphatic rings. The molecular formula is C17H25FN2O. The van der Waals surface area contributed by atoms with Crippen molar-refractivity contribution in [1.82, 2.24) is 4.90 Å². The van der Waals surface area contributed by atoms with E-state index in [0.717, 1.165) is 25.9 Å². The minimum absolute atomic E-state index is 0.0634. The fourth-order valence-electron chi connectivity index (χ4n) is 3.13. The van der Waals surface area contributed by atoms with Crippen LogP contribution in [0.1, 0.15) is 44.0 Å². The molecule has 116 valence electrons. The number of likely N-dealkylation sites (tertiary alicyclic amines) is 1. The average Bonchev–Trinajstić information content (AvgIpc) is 2.44. The van der Waals surface area contributed by atoms with Gasteiger partial charge in [-0.05, 0) is 36.8 Å². The van der Waals surface area contributed by atoms with Crippen molar-refractivity contribution in [3.05, 3.63) is 29.6 Å². The highest BCUT2D eigenvalue weighted by atomic mass is 19.1. The molecular weight excluding hydrogens is 267 g/mol. The van der Waals surface area contributed by atoms with Gasteiger partial charge >= 0.3 is 0 Å². The van der Waals surface area contributed by atoms with Crippen molar-refractivity contribution in [2.24, 2.45) is 11.8 Å². The van der Waals surface area contributed by atoms with E-state index in [2.05, 4.69) is 19.2 Å². The highest BCUT2D eigenvalue weighted by Crippen LogP contribution is 2.26. The summed E-state index contributed by atoms with van der Waals surface area (Å²) >= 11 is 0. The Bertz CT molecular complexity index is 494. The fraction of sp³-hybridized carbons (Fsp3) is 0.588. The number of nitrogens with zero attached hydrogens (tertiary/aromatic N) is 1. The Kier molecular flexibility index (Phi) is 5.21. The number of rotatable bonds is 4. The van der Waals surface area contributed by atoms with E-state index in [9.17, 15) is 9.18 Å². The predicted molar refractivity (Wildman–Crippen MR) is 84.0 cm³/mol. The lowest BCUT2D eigenvalue weighted by Gasteiger charge is -2.35. The number of halogens is 1. The van der Waals surface area contributed by atoms with Crippen molar-refractivity contribution in [3.8, 4) is 0 Å². The quantitative estimate of drug-likeness (QED) is 0.916. The molecule has 2 rings (SSSR count). The van der Waals surface area contributed by atoms with Gasteiger partial charge in [0.1, 0.15) is 5.82 Å². The molecule has 1 aromatic rings. The number of carbonyl (C=O) groups excluding carboxylic acids is 1. The summed E-state index contributed by atoms with van der Waals surface area (Å²) in [5, 5.41) is 3.05.